The van der Waals surface area contributed by atoms with Crippen LogP contribution in [0.5, 0.6) is 0 Å². The maximum absolute atomic E-state index is 11.6. The molecule has 0 bridgehead atoms. The summed E-state index contributed by atoms with van der Waals surface area (Å²) in [6.07, 6.45) is 7.36. The SMILES string of the molecule is CCCC[S][Sn][S]CC(=O)OCC(CC)CCCC. The van der Waals surface area contributed by atoms with Crippen molar-refractivity contribution in [1.29, 1.82) is 0 Å². The van der Waals surface area contributed by atoms with Gasteiger partial charge in [-0.15, -0.1) is 0 Å². The van der Waals surface area contributed by atoms with E-state index < -0.39 is 18.4 Å². The first-order chi connectivity index (χ1) is 9.24. The Morgan fingerprint density at radius 1 is 1.16 bits per heavy atom. The van der Waals surface area contributed by atoms with Crippen LogP contribution in [0.2, 0.25) is 0 Å². The molecule has 0 aromatic carbocycles. The Kier molecular flexibility index (Phi) is 16.1. The second kappa shape index (κ2) is 15.4. The zero-order chi connectivity index (χ0) is 14.3. The summed E-state index contributed by atoms with van der Waals surface area (Å²) in [5.74, 6) is 2.42. The molecule has 0 aliphatic carbocycles. The van der Waals surface area contributed by atoms with Gasteiger partial charge in [-0.05, 0) is 0 Å². The van der Waals surface area contributed by atoms with Gasteiger partial charge >= 0.3 is 135 Å². The number of carbonyl (C=O) groups excluding carboxylic acids is 1. The van der Waals surface area contributed by atoms with Crippen LogP contribution in [0.15, 0.2) is 0 Å². The Hall–Kier alpha value is 0.969. The fourth-order valence-corrected chi connectivity index (χ4v) is 11.1. The first-order valence-corrected chi connectivity index (χ1v) is 16.3. The third-order valence-electron chi connectivity index (χ3n) is 2.93. The summed E-state index contributed by atoms with van der Waals surface area (Å²) >= 11 is -0.438. The molecule has 5 heteroatoms. The van der Waals surface area contributed by atoms with Gasteiger partial charge in [0, 0.05) is 0 Å². The predicted octanol–water partition coefficient (Wildman–Crippen LogP) is 4.55. The van der Waals surface area contributed by atoms with Crippen LogP contribution in [0.1, 0.15) is 59.3 Å². The van der Waals surface area contributed by atoms with Crippen molar-refractivity contribution in [2.75, 3.05) is 18.1 Å². The summed E-state index contributed by atoms with van der Waals surface area (Å²) in [6, 6.07) is 0. The Labute approximate surface area is 134 Å². The maximum atomic E-state index is 11.6. The molecular formula is C14H28O2S2Sn. The van der Waals surface area contributed by atoms with E-state index in [1.165, 1.54) is 37.9 Å². The van der Waals surface area contributed by atoms with Crippen LogP contribution >= 0.6 is 17.9 Å². The molecule has 0 spiro atoms. The first-order valence-electron chi connectivity index (χ1n) is 7.38. The summed E-state index contributed by atoms with van der Waals surface area (Å²) < 4.78 is 5.38. The van der Waals surface area contributed by atoms with Gasteiger partial charge < -0.3 is 0 Å². The summed E-state index contributed by atoms with van der Waals surface area (Å²) in [5, 5.41) is 0. The molecule has 0 N–H and O–H groups in total. The summed E-state index contributed by atoms with van der Waals surface area (Å²) in [6.45, 7) is 7.24. The number of rotatable bonds is 13. The van der Waals surface area contributed by atoms with Crippen molar-refractivity contribution in [2.45, 2.75) is 59.3 Å². The number of hydrogen-bond acceptors (Lipinski definition) is 4. The van der Waals surface area contributed by atoms with Gasteiger partial charge in [0.25, 0.3) is 0 Å². The summed E-state index contributed by atoms with van der Waals surface area (Å²) in [4.78, 5) is 11.6. The van der Waals surface area contributed by atoms with E-state index >= 15 is 0 Å². The molecular weight excluding hydrogens is 383 g/mol. The average molecular weight is 411 g/mol. The van der Waals surface area contributed by atoms with Gasteiger partial charge in [-0.2, -0.15) is 0 Å². The molecule has 0 aliphatic rings. The minimum absolute atomic E-state index is 0.00283. The van der Waals surface area contributed by atoms with Crippen molar-refractivity contribution in [3.8, 4) is 0 Å². The van der Waals surface area contributed by atoms with Crippen LogP contribution in [0, 0.1) is 5.92 Å². The minimum atomic E-state index is -0.438. The van der Waals surface area contributed by atoms with Crippen molar-refractivity contribution in [2.24, 2.45) is 5.92 Å². The number of unbranched alkanes of at least 4 members (excludes halogenated alkanes) is 2. The average Bonchev–Trinajstić information content (AvgIpc) is 2.43. The Balaban J connectivity index is 3.46. The Bertz CT molecular complexity index is 216. The molecule has 1 unspecified atom stereocenters. The molecule has 0 aromatic heterocycles. The van der Waals surface area contributed by atoms with Crippen molar-refractivity contribution in [3.63, 3.8) is 0 Å². The topological polar surface area (TPSA) is 26.3 Å². The Morgan fingerprint density at radius 3 is 2.53 bits per heavy atom. The molecule has 0 amide bonds. The van der Waals surface area contributed by atoms with E-state index in [1.807, 2.05) is 8.95 Å². The zero-order valence-corrected chi connectivity index (χ0v) is 17.1. The van der Waals surface area contributed by atoms with Gasteiger partial charge in [-0.25, -0.2) is 0 Å². The van der Waals surface area contributed by atoms with E-state index in [2.05, 4.69) is 29.7 Å². The van der Waals surface area contributed by atoms with E-state index in [0.717, 1.165) is 6.42 Å². The number of ether oxygens (including phenoxy) is 1. The first kappa shape index (κ1) is 20.0. The molecule has 0 rings (SSSR count). The van der Waals surface area contributed by atoms with Gasteiger partial charge in [0.1, 0.15) is 0 Å². The molecule has 2 radical (unpaired) electrons. The normalized spacial score (nSPS) is 12.4. The molecule has 0 saturated carbocycles. The van der Waals surface area contributed by atoms with E-state index in [-0.39, 0.29) is 5.97 Å². The van der Waals surface area contributed by atoms with Crippen LogP contribution in [-0.2, 0) is 9.53 Å². The van der Waals surface area contributed by atoms with E-state index in [1.54, 1.807) is 0 Å². The predicted molar refractivity (Wildman–Crippen MR) is 89.8 cm³/mol. The van der Waals surface area contributed by atoms with Gasteiger partial charge in [-0.1, -0.05) is 0 Å². The van der Waals surface area contributed by atoms with E-state index in [9.17, 15) is 4.79 Å². The molecule has 19 heavy (non-hydrogen) atoms. The number of esters is 1. The molecule has 0 aromatic rings. The van der Waals surface area contributed by atoms with Gasteiger partial charge in [0.15, 0.2) is 0 Å². The van der Waals surface area contributed by atoms with E-state index in [4.69, 9.17) is 4.74 Å². The Morgan fingerprint density at radius 2 is 1.89 bits per heavy atom. The summed E-state index contributed by atoms with van der Waals surface area (Å²) in [5.41, 5.74) is 0. The molecule has 0 saturated heterocycles. The van der Waals surface area contributed by atoms with Crippen LogP contribution in [0.25, 0.3) is 0 Å². The quantitative estimate of drug-likeness (QED) is 0.253. The number of hydrogen-bond donors (Lipinski definition) is 0. The van der Waals surface area contributed by atoms with Crippen LogP contribution in [-0.4, -0.2) is 42.5 Å². The van der Waals surface area contributed by atoms with E-state index in [0.29, 0.717) is 18.3 Å². The van der Waals surface area contributed by atoms with Gasteiger partial charge in [-0.3, -0.25) is 0 Å². The molecule has 0 aliphatic heterocycles. The molecule has 1 atom stereocenters. The zero-order valence-electron chi connectivity index (χ0n) is 12.6. The van der Waals surface area contributed by atoms with Crippen LogP contribution in [0.4, 0.5) is 0 Å². The molecule has 2 nitrogen and oxygen atoms in total. The second-order valence-corrected chi connectivity index (χ2v) is 15.8. The van der Waals surface area contributed by atoms with Crippen LogP contribution < -0.4 is 0 Å². The molecule has 112 valence electrons. The monoisotopic (exact) mass is 412 g/mol. The molecule has 0 heterocycles. The fourth-order valence-electron chi connectivity index (χ4n) is 1.54. The fraction of sp³-hybridized carbons (Fsp3) is 0.929. The van der Waals surface area contributed by atoms with Crippen molar-refractivity contribution in [1.82, 2.24) is 0 Å². The van der Waals surface area contributed by atoms with Crippen LogP contribution in [0.3, 0.4) is 0 Å². The van der Waals surface area contributed by atoms with Crippen molar-refractivity contribution in [3.05, 3.63) is 0 Å². The van der Waals surface area contributed by atoms with Gasteiger partial charge in [0.05, 0.1) is 0 Å². The number of carbonyl (C=O) groups is 1. The molecule has 0 fully saturated rings. The van der Waals surface area contributed by atoms with Gasteiger partial charge in [0.2, 0.25) is 0 Å². The second-order valence-electron chi connectivity index (χ2n) is 4.67. The third kappa shape index (κ3) is 13.7. The standard InChI is InChI=1S/C10H20O2S.C4H10S.Sn/c1-3-5-6-9(4-2)7-12-10(11)8-13;1-2-3-4-5;/h9,13H,3-8H2,1-2H3;5H,2-4H2,1H3;/q;;+2/p-2. The third-order valence-corrected chi connectivity index (χ3v) is 13.8. The van der Waals surface area contributed by atoms with Crippen molar-refractivity contribution < 1.29 is 9.53 Å². The summed E-state index contributed by atoms with van der Waals surface area (Å²) in [7, 11) is 3.93. The van der Waals surface area contributed by atoms with Crippen molar-refractivity contribution >= 4 is 42.2 Å².